The summed E-state index contributed by atoms with van der Waals surface area (Å²) in [4.78, 5) is 0. The zero-order valence-corrected chi connectivity index (χ0v) is 12.4. The van der Waals surface area contributed by atoms with Gasteiger partial charge in [-0.1, -0.05) is 34.1 Å². The number of halogens is 1. The van der Waals surface area contributed by atoms with Gasteiger partial charge in [-0.2, -0.15) is 0 Å². The first-order valence-electron chi connectivity index (χ1n) is 6.53. The van der Waals surface area contributed by atoms with Gasteiger partial charge in [-0.3, -0.25) is 0 Å². The van der Waals surface area contributed by atoms with E-state index in [0.29, 0.717) is 12.1 Å². The van der Waals surface area contributed by atoms with Gasteiger partial charge in [0.25, 0.3) is 0 Å². The van der Waals surface area contributed by atoms with E-state index >= 15 is 0 Å². The summed E-state index contributed by atoms with van der Waals surface area (Å²) in [6.07, 6.45) is 1.10. The number of morpholine rings is 1. The standard InChI is InChI=1S/C14H21BrN2O/c1-11(8-13-10-18-7-6-16-13)17-9-12-4-2-3-5-14(12)15/h2-5,11,13,16-17H,6-10H2,1H3. The molecule has 0 bridgehead atoms. The average molecular weight is 313 g/mol. The fourth-order valence-corrected chi connectivity index (χ4v) is 2.63. The summed E-state index contributed by atoms with van der Waals surface area (Å²) in [6.45, 7) is 5.78. The van der Waals surface area contributed by atoms with Crippen molar-refractivity contribution in [3.63, 3.8) is 0 Å². The molecule has 18 heavy (non-hydrogen) atoms. The molecule has 1 aromatic rings. The van der Waals surface area contributed by atoms with Crippen molar-refractivity contribution >= 4 is 15.9 Å². The molecular formula is C14H21BrN2O. The molecule has 1 saturated heterocycles. The molecule has 1 aromatic carbocycles. The van der Waals surface area contributed by atoms with Crippen LogP contribution in [-0.4, -0.2) is 31.8 Å². The number of hydrogen-bond donors (Lipinski definition) is 2. The molecule has 0 spiro atoms. The van der Waals surface area contributed by atoms with E-state index in [1.165, 1.54) is 10.0 Å². The Morgan fingerprint density at radius 2 is 2.33 bits per heavy atom. The lowest BCUT2D eigenvalue weighted by atomic mass is 10.1. The minimum atomic E-state index is 0.483. The van der Waals surface area contributed by atoms with Gasteiger partial charge in [0, 0.05) is 29.6 Å². The van der Waals surface area contributed by atoms with Crippen molar-refractivity contribution < 1.29 is 4.74 Å². The molecule has 0 amide bonds. The van der Waals surface area contributed by atoms with Crippen LogP contribution in [0.25, 0.3) is 0 Å². The quantitative estimate of drug-likeness (QED) is 0.875. The molecule has 0 saturated carbocycles. The molecule has 2 N–H and O–H groups in total. The molecule has 0 aromatic heterocycles. The maximum absolute atomic E-state index is 5.47. The predicted octanol–water partition coefficient (Wildman–Crippen LogP) is 2.31. The van der Waals surface area contributed by atoms with E-state index in [2.05, 4.69) is 51.7 Å². The second kappa shape index (κ2) is 7.24. The summed E-state index contributed by atoms with van der Waals surface area (Å²) < 4.78 is 6.64. The highest BCUT2D eigenvalue weighted by Gasteiger charge is 2.15. The van der Waals surface area contributed by atoms with E-state index in [4.69, 9.17) is 4.74 Å². The highest BCUT2D eigenvalue weighted by molar-refractivity contribution is 9.10. The lowest BCUT2D eigenvalue weighted by Gasteiger charge is -2.26. The zero-order valence-electron chi connectivity index (χ0n) is 10.8. The third kappa shape index (κ3) is 4.35. The zero-order chi connectivity index (χ0) is 12.8. The van der Waals surface area contributed by atoms with Gasteiger partial charge in [-0.25, -0.2) is 0 Å². The third-order valence-corrected chi connectivity index (χ3v) is 4.01. The highest BCUT2D eigenvalue weighted by Crippen LogP contribution is 2.15. The van der Waals surface area contributed by atoms with Crippen molar-refractivity contribution in [3.05, 3.63) is 34.3 Å². The van der Waals surface area contributed by atoms with Crippen LogP contribution in [0, 0.1) is 0 Å². The van der Waals surface area contributed by atoms with E-state index in [-0.39, 0.29) is 0 Å². The van der Waals surface area contributed by atoms with E-state index in [1.807, 2.05) is 6.07 Å². The first-order valence-corrected chi connectivity index (χ1v) is 7.33. The Labute approximate surface area is 117 Å². The van der Waals surface area contributed by atoms with Gasteiger partial charge < -0.3 is 15.4 Å². The Hall–Kier alpha value is -0.420. The summed E-state index contributed by atoms with van der Waals surface area (Å²) in [7, 11) is 0. The van der Waals surface area contributed by atoms with Crippen molar-refractivity contribution in [1.82, 2.24) is 10.6 Å². The molecule has 1 aliphatic heterocycles. The summed E-state index contributed by atoms with van der Waals surface area (Å²) in [5, 5.41) is 7.05. The lowest BCUT2D eigenvalue weighted by Crippen LogP contribution is -2.44. The van der Waals surface area contributed by atoms with Crippen molar-refractivity contribution in [2.75, 3.05) is 19.8 Å². The average Bonchev–Trinajstić information content (AvgIpc) is 2.39. The van der Waals surface area contributed by atoms with Gasteiger partial charge in [0.1, 0.15) is 0 Å². The predicted molar refractivity (Wildman–Crippen MR) is 77.7 cm³/mol. The molecule has 3 nitrogen and oxygen atoms in total. The Balaban J connectivity index is 1.74. The van der Waals surface area contributed by atoms with Crippen molar-refractivity contribution in [2.24, 2.45) is 0 Å². The second-order valence-electron chi connectivity index (χ2n) is 4.84. The van der Waals surface area contributed by atoms with E-state index in [1.54, 1.807) is 0 Å². The maximum atomic E-state index is 5.47. The van der Waals surface area contributed by atoms with Gasteiger partial charge in [-0.15, -0.1) is 0 Å². The van der Waals surface area contributed by atoms with E-state index < -0.39 is 0 Å². The fraction of sp³-hybridized carbons (Fsp3) is 0.571. The second-order valence-corrected chi connectivity index (χ2v) is 5.69. The highest BCUT2D eigenvalue weighted by atomic mass is 79.9. The summed E-state index contributed by atoms with van der Waals surface area (Å²) >= 11 is 3.57. The van der Waals surface area contributed by atoms with Gasteiger partial charge in [0.2, 0.25) is 0 Å². The monoisotopic (exact) mass is 312 g/mol. The molecule has 1 heterocycles. The van der Waals surface area contributed by atoms with Gasteiger partial charge in [0.05, 0.1) is 13.2 Å². The molecule has 100 valence electrons. The van der Waals surface area contributed by atoms with Crippen molar-refractivity contribution in [3.8, 4) is 0 Å². The Bertz CT molecular complexity index is 367. The number of ether oxygens (including phenoxy) is 1. The minimum absolute atomic E-state index is 0.483. The number of hydrogen-bond acceptors (Lipinski definition) is 3. The van der Waals surface area contributed by atoms with Crippen LogP contribution in [0.2, 0.25) is 0 Å². The van der Waals surface area contributed by atoms with Crippen LogP contribution in [-0.2, 0) is 11.3 Å². The van der Waals surface area contributed by atoms with Crippen LogP contribution in [0.4, 0.5) is 0 Å². The largest absolute Gasteiger partial charge is 0.379 e. The topological polar surface area (TPSA) is 33.3 Å². The fourth-order valence-electron chi connectivity index (χ4n) is 2.21. The summed E-state index contributed by atoms with van der Waals surface area (Å²) in [5.41, 5.74) is 1.30. The minimum Gasteiger partial charge on any atom is -0.379 e. The van der Waals surface area contributed by atoms with Gasteiger partial charge in [-0.05, 0) is 25.0 Å². The normalized spacial score (nSPS) is 21.8. The molecule has 2 rings (SSSR count). The third-order valence-electron chi connectivity index (χ3n) is 3.24. The molecule has 1 fully saturated rings. The summed E-state index contributed by atoms with van der Waals surface area (Å²) in [5.74, 6) is 0. The molecule has 0 aliphatic carbocycles. The first-order chi connectivity index (χ1) is 8.75. The van der Waals surface area contributed by atoms with Crippen LogP contribution in [0.15, 0.2) is 28.7 Å². The number of rotatable bonds is 5. The molecule has 1 aliphatic rings. The van der Waals surface area contributed by atoms with Gasteiger partial charge in [0.15, 0.2) is 0 Å². The molecule has 2 unspecified atom stereocenters. The molecule has 0 radical (unpaired) electrons. The van der Waals surface area contributed by atoms with Gasteiger partial charge >= 0.3 is 0 Å². The maximum Gasteiger partial charge on any atom is 0.0620 e. The number of nitrogens with one attached hydrogen (secondary N) is 2. The van der Waals surface area contributed by atoms with Crippen LogP contribution in [0.3, 0.4) is 0 Å². The van der Waals surface area contributed by atoms with Crippen molar-refractivity contribution in [2.45, 2.75) is 32.0 Å². The van der Waals surface area contributed by atoms with E-state index in [0.717, 1.165) is 32.7 Å². The SMILES string of the molecule is CC(CC1COCCN1)NCc1ccccc1Br. The molecule has 4 heteroatoms. The van der Waals surface area contributed by atoms with Crippen LogP contribution in [0.1, 0.15) is 18.9 Å². The lowest BCUT2D eigenvalue weighted by molar-refractivity contribution is 0.0712. The van der Waals surface area contributed by atoms with Crippen LogP contribution >= 0.6 is 15.9 Å². The van der Waals surface area contributed by atoms with Crippen LogP contribution < -0.4 is 10.6 Å². The van der Waals surface area contributed by atoms with Crippen molar-refractivity contribution in [1.29, 1.82) is 0 Å². The number of benzene rings is 1. The summed E-state index contributed by atoms with van der Waals surface area (Å²) in [6, 6.07) is 9.31. The smallest absolute Gasteiger partial charge is 0.0620 e. The van der Waals surface area contributed by atoms with Crippen LogP contribution in [0.5, 0.6) is 0 Å². The molecule has 2 atom stereocenters. The first kappa shape index (κ1) is 14.0. The molecular weight excluding hydrogens is 292 g/mol. The Kier molecular flexibility index (Phi) is 5.63. The Morgan fingerprint density at radius 3 is 3.06 bits per heavy atom. The van der Waals surface area contributed by atoms with E-state index in [9.17, 15) is 0 Å². The Morgan fingerprint density at radius 1 is 1.50 bits per heavy atom.